The van der Waals surface area contributed by atoms with Gasteiger partial charge in [-0.1, -0.05) is 13.0 Å². The number of sulfone groups is 1. The molecule has 1 aliphatic rings. The summed E-state index contributed by atoms with van der Waals surface area (Å²) >= 11 is 0. The number of halogens is 1. The average molecular weight is 472 g/mol. The maximum absolute atomic E-state index is 14.1. The van der Waals surface area contributed by atoms with E-state index in [2.05, 4.69) is 5.10 Å². The molecule has 0 atom stereocenters. The Morgan fingerprint density at radius 3 is 2.55 bits per heavy atom. The highest BCUT2D eigenvalue weighted by Crippen LogP contribution is 2.37. The molecule has 1 fully saturated rings. The molecule has 1 saturated carbocycles. The minimum absolute atomic E-state index is 0.0465. The van der Waals surface area contributed by atoms with Gasteiger partial charge in [0.15, 0.2) is 9.84 Å². The highest BCUT2D eigenvalue weighted by Gasteiger charge is 2.37. The number of alkyl halides is 1. The summed E-state index contributed by atoms with van der Waals surface area (Å²) in [6.07, 6.45) is 7.50. The summed E-state index contributed by atoms with van der Waals surface area (Å²) in [5.41, 5.74) is 2.05. The zero-order valence-electron chi connectivity index (χ0n) is 19.3. The summed E-state index contributed by atoms with van der Waals surface area (Å²) in [4.78, 5) is 12.3. The van der Waals surface area contributed by atoms with Crippen LogP contribution in [0.1, 0.15) is 51.5 Å². The van der Waals surface area contributed by atoms with Gasteiger partial charge in [-0.25, -0.2) is 17.5 Å². The third kappa shape index (κ3) is 4.81. The van der Waals surface area contributed by atoms with Crippen molar-refractivity contribution in [1.29, 1.82) is 0 Å². The Kier molecular flexibility index (Phi) is 6.31. The van der Waals surface area contributed by atoms with Gasteiger partial charge in [-0.15, -0.1) is 0 Å². The second-order valence-electron chi connectivity index (χ2n) is 9.23. The summed E-state index contributed by atoms with van der Waals surface area (Å²) in [7, 11) is -3.51. The number of hydrogen-bond acceptors (Lipinski definition) is 4. The average Bonchev–Trinajstić information content (AvgIpc) is 3.25. The van der Waals surface area contributed by atoms with Crippen LogP contribution < -0.4 is 5.56 Å². The van der Waals surface area contributed by atoms with Gasteiger partial charge < -0.3 is 4.57 Å². The fraction of sp³-hybridized carbons (Fsp3) is 0.440. The third-order valence-electron chi connectivity index (χ3n) is 6.53. The predicted octanol–water partition coefficient (Wildman–Crippen LogP) is 4.86. The number of hydrogen-bond donors (Lipinski definition) is 0. The molecule has 0 saturated heterocycles. The van der Waals surface area contributed by atoms with E-state index in [1.54, 1.807) is 46.8 Å². The lowest BCUT2D eigenvalue weighted by molar-refractivity contribution is 0.131. The van der Waals surface area contributed by atoms with Gasteiger partial charge in [0.25, 0.3) is 5.56 Å². The lowest BCUT2D eigenvalue weighted by Gasteiger charge is -2.30. The van der Waals surface area contributed by atoms with Crippen LogP contribution in [0.3, 0.4) is 0 Å². The summed E-state index contributed by atoms with van der Waals surface area (Å²) < 4.78 is 43.8. The first-order valence-corrected chi connectivity index (χ1v) is 12.9. The van der Waals surface area contributed by atoms with Crippen molar-refractivity contribution in [2.24, 2.45) is 0 Å². The van der Waals surface area contributed by atoms with E-state index < -0.39 is 20.8 Å². The van der Waals surface area contributed by atoms with Crippen LogP contribution in [-0.2, 0) is 16.4 Å². The molecule has 3 aromatic rings. The van der Waals surface area contributed by atoms with Crippen LogP contribution in [-0.4, -0.2) is 33.7 Å². The molecule has 8 heteroatoms. The first-order valence-electron chi connectivity index (χ1n) is 11.4. The topological polar surface area (TPSA) is 74.0 Å². The summed E-state index contributed by atoms with van der Waals surface area (Å²) in [6, 6.07) is 8.42. The summed E-state index contributed by atoms with van der Waals surface area (Å²) in [5.74, 6) is 0. The number of pyridine rings is 1. The van der Waals surface area contributed by atoms with Crippen molar-refractivity contribution in [1.82, 2.24) is 14.3 Å². The maximum atomic E-state index is 14.1. The van der Waals surface area contributed by atoms with Gasteiger partial charge in [0.05, 0.1) is 22.0 Å². The lowest BCUT2D eigenvalue weighted by atomic mass is 9.88. The monoisotopic (exact) mass is 471 g/mol. The minimum Gasteiger partial charge on any atom is -0.313 e. The minimum atomic E-state index is -3.51. The fourth-order valence-electron chi connectivity index (χ4n) is 4.51. The van der Waals surface area contributed by atoms with Crippen molar-refractivity contribution in [2.75, 3.05) is 0 Å². The number of benzene rings is 1. The van der Waals surface area contributed by atoms with Gasteiger partial charge in [-0.2, -0.15) is 5.10 Å². The van der Waals surface area contributed by atoms with Crippen LogP contribution in [0.4, 0.5) is 4.39 Å². The van der Waals surface area contributed by atoms with Gasteiger partial charge in [0.2, 0.25) is 0 Å². The molecule has 176 valence electrons. The highest BCUT2D eigenvalue weighted by atomic mass is 32.2. The van der Waals surface area contributed by atoms with E-state index in [1.165, 1.54) is 6.07 Å². The van der Waals surface area contributed by atoms with Crippen LogP contribution >= 0.6 is 0 Å². The van der Waals surface area contributed by atoms with E-state index in [-0.39, 0.29) is 23.3 Å². The van der Waals surface area contributed by atoms with Crippen molar-refractivity contribution < 1.29 is 12.8 Å². The van der Waals surface area contributed by atoms with E-state index in [0.717, 1.165) is 28.8 Å². The molecule has 33 heavy (non-hydrogen) atoms. The Hall–Kier alpha value is -2.74. The third-order valence-corrected chi connectivity index (χ3v) is 8.79. The smallest absolute Gasteiger partial charge is 0.250 e. The molecule has 0 aliphatic heterocycles. The van der Waals surface area contributed by atoms with E-state index in [9.17, 15) is 17.6 Å². The molecule has 4 rings (SSSR count). The molecule has 2 aromatic heterocycles. The van der Waals surface area contributed by atoms with Gasteiger partial charge in [0.1, 0.15) is 5.67 Å². The first kappa shape index (κ1) is 23.4. The van der Waals surface area contributed by atoms with Crippen LogP contribution in [0.5, 0.6) is 0 Å². The van der Waals surface area contributed by atoms with E-state index >= 15 is 0 Å². The standard InChI is InChI=1S/C25H30FN3O3S/c1-4-13-28-17-20(5-8-24(28)30)29-16-19(15-27-29)23-7-6-22(14-18(23)2)33(31,32)21-9-11-25(3,26)12-10-21/h5-8,14-17,21H,4,9-13H2,1-3H3. The SMILES string of the molecule is CCCn1cc(-n2cc(-c3ccc(S(=O)(=O)C4CCC(C)(F)CC4)cc3C)cn2)ccc1=O. The molecule has 1 aromatic carbocycles. The van der Waals surface area contributed by atoms with Crippen LogP contribution in [0.15, 0.2) is 58.6 Å². The molecule has 2 heterocycles. The van der Waals surface area contributed by atoms with E-state index in [1.807, 2.05) is 26.1 Å². The highest BCUT2D eigenvalue weighted by molar-refractivity contribution is 7.92. The summed E-state index contributed by atoms with van der Waals surface area (Å²) in [5, 5.41) is 3.91. The quantitative estimate of drug-likeness (QED) is 0.514. The fourth-order valence-corrected chi connectivity index (χ4v) is 6.35. The number of nitrogens with zero attached hydrogens (tertiary/aromatic N) is 3. The Bertz CT molecular complexity index is 1310. The van der Waals surface area contributed by atoms with E-state index in [0.29, 0.717) is 19.4 Å². The molecular weight excluding hydrogens is 441 g/mol. The largest absolute Gasteiger partial charge is 0.313 e. The second kappa shape index (κ2) is 8.89. The van der Waals surface area contributed by atoms with Crippen LogP contribution in [0, 0.1) is 6.92 Å². The molecule has 0 amide bonds. The number of aryl methyl sites for hydroxylation is 2. The molecular formula is C25H30FN3O3S. The normalized spacial score (nSPS) is 21.3. The number of aromatic nitrogens is 3. The molecule has 0 radical (unpaired) electrons. The molecule has 0 N–H and O–H groups in total. The Morgan fingerprint density at radius 1 is 1.15 bits per heavy atom. The zero-order valence-corrected chi connectivity index (χ0v) is 20.1. The van der Waals surface area contributed by atoms with Crippen molar-refractivity contribution >= 4 is 9.84 Å². The summed E-state index contributed by atoms with van der Waals surface area (Å²) in [6.45, 7) is 6.09. The molecule has 0 bridgehead atoms. The van der Waals surface area contributed by atoms with Gasteiger partial charge in [0, 0.05) is 30.6 Å². The van der Waals surface area contributed by atoms with Crippen molar-refractivity contribution in [3.05, 3.63) is 64.8 Å². The first-order chi connectivity index (χ1) is 15.6. The van der Waals surface area contributed by atoms with Gasteiger partial charge >= 0.3 is 0 Å². The van der Waals surface area contributed by atoms with Gasteiger partial charge in [-0.3, -0.25) is 4.79 Å². The molecule has 6 nitrogen and oxygen atoms in total. The lowest BCUT2D eigenvalue weighted by Crippen LogP contribution is -2.33. The van der Waals surface area contributed by atoms with Crippen molar-refractivity contribution in [2.45, 2.75) is 75.2 Å². The Labute approximate surface area is 194 Å². The van der Waals surface area contributed by atoms with Gasteiger partial charge in [-0.05, 0) is 75.3 Å². The van der Waals surface area contributed by atoms with Crippen molar-refractivity contribution in [3.63, 3.8) is 0 Å². The van der Waals surface area contributed by atoms with Crippen molar-refractivity contribution in [3.8, 4) is 16.8 Å². The van der Waals surface area contributed by atoms with E-state index in [4.69, 9.17) is 0 Å². The second-order valence-corrected chi connectivity index (χ2v) is 11.5. The maximum Gasteiger partial charge on any atom is 0.250 e. The Morgan fingerprint density at radius 2 is 1.88 bits per heavy atom. The zero-order chi connectivity index (χ0) is 23.8. The predicted molar refractivity (Wildman–Crippen MR) is 127 cm³/mol. The number of rotatable bonds is 6. The molecule has 1 aliphatic carbocycles. The Balaban J connectivity index is 1.59. The van der Waals surface area contributed by atoms with Crippen LogP contribution in [0.2, 0.25) is 0 Å². The molecule has 0 unspecified atom stereocenters. The molecule has 0 spiro atoms. The van der Waals surface area contributed by atoms with Crippen LogP contribution in [0.25, 0.3) is 16.8 Å².